The van der Waals surface area contributed by atoms with Gasteiger partial charge in [-0.1, -0.05) is 25.6 Å². The molecule has 0 amide bonds. The van der Waals surface area contributed by atoms with Crippen molar-refractivity contribution >= 4 is 16.7 Å². The molecular formula is C21H23F2N5O. The highest BCUT2D eigenvalue weighted by Gasteiger charge is 2.26. The lowest BCUT2D eigenvalue weighted by Gasteiger charge is -2.32. The van der Waals surface area contributed by atoms with Crippen LogP contribution in [0, 0.1) is 0 Å². The third kappa shape index (κ3) is 3.72. The van der Waals surface area contributed by atoms with Crippen molar-refractivity contribution < 1.29 is 13.2 Å². The molecule has 1 saturated heterocycles. The Balaban J connectivity index is 0.00000205. The van der Waals surface area contributed by atoms with Crippen LogP contribution in [-0.2, 0) is 6.54 Å². The number of hydrogen-bond donors (Lipinski definition) is 0. The average molecular weight is 399 g/mol. The number of halogens is 2. The Hall–Kier alpha value is -2.87. The molecule has 1 aliphatic rings. The summed E-state index contributed by atoms with van der Waals surface area (Å²) in [6.45, 7) is 2.39. The first-order valence-electron chi connectivity index (χ1n) is 9.36. The number of furan rings is 1. The Kier molecular flexibility index (Phi) is 5.27. The van der Waals surface area contributed by atoms with Gasteiger partial charge in [-0.2, -0.15) is 10.1 Å². The normalized spacial score (nSPS) is 17.8. The molecule has 5 rings (SSSR count). The van der Waals surface area contributed by atoms with Crippen LogP contribution < -0.4 is 0 Å². The van der Waals surface area contributed by atoms with E-state index < -0.39 is 6.43 Å². The Morgan fingerprint density at radius 3 is 2.90 bits per heavy atom. The van der Waals surface area contributed by atoms with Gasteiger partial charge >= 0.3 is 0 Å². The predicted octanol–water partition coefficient (Wildman–Crippen LogP) is 4.82. The summed E-state index contributed by atoms with van der Waals surface area (Å²) in [6, 6.07) is 11.5. The lowest BCUT2D eigenvalue weighted by Crippen LogP contribution is -2.34. The summed E-state index contributed by atoms with van der Waals surface area (Å²) in [5.41, 5.74) is 1.38. The Bertz CT molecular complexity index is 1090. The molecule has 152 valence electrons. The van der Waals surface area contributed by atoms with Crippen molar-refractivity contribution in [3.05, 3.63) is 59.9 Å². The van der Waals surface area contributed by atoms with Gasteiger partial charge in [-0.3, -0.25) is 4.90 Å². The number of para-hydroxylation sites is 1. The molecule has 1 aromatic carbocycles. The largest absolute Gasteiger partial charge is 0.460 e. The molecule has 3 aromatic heterocycles. The van der Waals surface area contributed by atoms with Gasteiger partial charge in [0.15, 0.2) is 0 Å². The quantitative estimate of drug-likeness (QED) is 0.492. The maximum Gasteiger partial charge on any atom is 0.280 e. The molecule has 29 heavy (non-hydrogen) atoms. The highest BCUT2D eigenvalue weighted by molar-refractivity contribution is 5.77. The summed E-state index contributed by atoms with van der Waals surface area (Å²) < 4.78 is 34.1. The number of likely N-dealkylation sites (tertiary alicyclic amines) is 1. The fourth-order valence-electron chi connectivity index (χ4n) is 4.03. The van der Waals surface area contributed by atoms with Crippen LogP contribution >= 0.6 is 0 Å². The van der Waals surface area contributed by atoms with Crippen LogP contribution in [0.25, 0.3) is 16.7 Å². The Morgan fingerprint density at radius 1 is 1.21 bits per heavy atom. The molecule has 0 bridgehead atoms. The van der Waals surface area contributed by atoms with Crippen molar-refractivity contribution in [2.75, 3.05) is 13.1 Å². The van der Waals surface area contributed by atoms with Crippen molar-refractivity contribution in [2.45, 2.75) is 39.2 Å². The molecule has 0 saturated carbocycles. The molecule has 0 radical (unpaired) electrons. The minimum atomic E-state index is -2.63. The van der Waals surface area contributed by atoms with Crippen molar-refractivity contribution in [1.29, 1.82) is 0 Å². The summed E-state index contributed by atoms with van der Waals surface area (Å²) in [6.07, 6.45) is 0.623. The number of hydrogen-bond acceptors (Lipinski definition) is 5. The van der Waals surface area contributed by atoms with E-state index >= 15 is 0 Å². The first-order chi connectivity index (χ1) is 13.7. The molecule has 4 heterocycles. The van der Waals surface area contributed by atoms with Gasteiger partial charge in [0.2, 0.25) is 0 Å². The molecular weight excluding hydrogens is 376 g/mol. The van der Waals surface area contributed by atoms with Crippen LogP contribution in [0.4, 0.5) is 8.78 Å². The number of rotatable bonds is 4. The molecule has 0 N–H and O–H groups in total. The summed E-state index contributed by atoms with van der Waals surface area (Å²) in [5, 5.41) is 5.28. The summed E-state index contributed by atoms with van der Waals surface area (Å²) in [5.74, 6) is 1.22. The van der Waals surface area contributed by atoms with E-state index in [9.17, 15) is 8.78 Å². The van der Waals surface area contributed by atoms with Crippen molar-refractivity contribution in [3.8, 4) is 0 Å². The highest BCUT2D eigenvalue weighted by Crippen LogP contribution is 2.30. The van der Waals surface area contributed by atoms with Crippen molar-refractivity contribution in [3.63, 3.8) is 0 Å². The second-order valence-electron chi connectivity index (χ2n) is 7.20. The number of fused-ring (bicyclic) bond motifs is 2. The third-order valence-corrected chi connectivity index (χ3v) is 5.30. The molecule has 0 aliphatic carbocycles. The molecule has 1 aliphatic heterocycles. The minimum Gasteiger partial charge on any atom is -0.460 e. The van der Waals surface area contributed by atoms with E-state index in [1.165, 1.54) is 12.4 Å². The number of piperidine rings is 1. The number of nitrogens with zero attached hydrogens (tertiary/aromatic N) is 5. The molecule has 8 heteroatoms. The molecule has 1 fully saturated rings. The van der Waals surface area contributed by atoms with E-state index in [4.69, 9.17) is 4.42 Å². The SMILES string of the molecule is C.FC(F)c1cc(C2CCCN(Cc3cc4ccccc4o3)C2)n2ncnc2n1. The van der Waals surface area contributed by atoms with Gasteiger partial charge in [0.1, 0.15) is 23.4 Å². The lowest BCUT2D eigenvalue weighted by molar-refractivity contribution is 0.145. The molecule has 0 spiro atoms. The Morgan fingerprint density at radius 2 is 2.07 bits per heavy atom. The topological polar surface area (TPSA) is 59.5 Å². The maximum atomic E-state index is 13.3. The van der Waals surface area contributed by atoms with Crippen LogP contribution in [0.15, 0.2) is 47.1 Å². The summed E-state index contributed by atoms with van der Waals surface area (Å²) >= 11 is 0. The van der Waals surface area contributed by atoms with Gasteiger partial charge in [-0.25, -0.2) is 18.3 Å². The van der Waals surface area contributed by atoms with Gasteiger partial charge in [0.05, 0.1) is 12.2 Å². The zero-order chi connectivity index (χ0) is 19.1. The fourth-order valence-corrected chi connectivity index (χ4v) is 4.03. The van der Waals surface area contributed by atoms with Gasteiger partial charge in [-0.05, 0) is 37.6 Å². The Labute approximate surface area is 167 Å². The maximum absolute atomic E-state index is 13.3. The van der Waals surface area contributed by atoms with Crippen LogP contribution in [0.2, 0.25) is 0 Å². The second kappa shape index (κ2) is 7.87. The van der Waals surface area contributed by atoms with Gasteiger partial charge in [-0.15, -0.1) is 0 Å². The standard InChI is InChI=1S/C20H19F2N5O.CH4/c21-19(22)16-9-17(27-20(25-16)23-12-24-27)14-5-3-7-26(10-14)11-15-8-13-4-1-2-6-18(13)28-15;/h1-2,4,6,8-9,12,14,19H,3,5,7,10-11H2;1H4. The molecule has 1 atom stereocenters. The number of benzene rings is 1. The minimum absolute atomic E-state index is 0. The van der Waals surface area contributed by atoms with E-state index in [0.29, 0.717) is 6.54 Å². The van der Waals surface area contributed by atoms with Gasteiger partial charge < -0.3 is 4.42 Å². The van der Waals surface area contributed by atoms with E-state index in [1.54, 1.807) is 4.52 Å². The van der Waals surface area contributed by atoms with E-state index in [0.717, 1.165) is 48.4 Å². The lowest BCUT2D eigenvalue weighted by atomic mass is 9.94. The van der Waals surface area contributed by atoms with Crippen molar-refractivity contribution in [2.24, 2.45) is 0 Å². The highest BCUT2D eigenvalue weighted by atomic mass is 19.3. The zero-order valence-corrected chi connectivity index (χ0v) is 15.1. The van der Waals surface area contributed by atoms with Gasteiger partial charge in [0, 0.05) is 17.8 Å². The summed E-state index contributed by atoms with van der Waals surface area (Å²) in [7, 11) is 0. The van der Waals surface area contributed by atoms with Crippen molar-refractivity contribution in [1.82, 2.24) is 24.5 Å². The molecule has 6 nitrogen and oxygen atoms in total. The van der Waals surface area contributed by atoms with Crippen LogP contribution in [0.1, 0.15) is 49.8 Å². The molecule has 1 unspecified atom stereocenters. The van der Waals surface area contributed by atoms with Crippen LogP contribution in [0.5, 0.6) is 0 Å². The first-order valence-corrected chi connectivity index (χ1v) is 9.36. The monoisotopic (exact) mass is 399 g/mol. The predicted molar refractivity (Wildman–Crippen MR) is 106 cm³/mol. The van der Waals surface area contributed by atoms with E-state index in [1.807, 2.05) is 24.3 Å². The number of aromatic nitrogens is 4. The van der Waals surface area contributed by atoms with Gasteiger partial charge in [0.25, 0.3) is 12.2 Å². The third-order valence-electron chi connectivity index (χ3n) is 5.30. The smallest absolute Gasteiger partial charge is 0.280 e. The average Bonchev–Trinajstić information content (AvgIpc) is 3.33. The van der Waals surface area contributed by atoms with Crippen LogP contribution in [0.3, 0.4) is 0 Å². The second-order valence-corrected chi connectivity index (χ2v) is 7.20. The van der Waals surface area contributed by atoms with E-state index in [2.05, 4.69) is 26.0 Å². The molecule has 4 aromatic rings. The fraction of sp³-hybridized carbons (Fsp3) is 0.381. The first kappa shape index (κ1) is 19.4. The summed E-state index contributed by atoms with van der Waals surface area (Å²) in [4.78, 5) is 10.2. The van der Waals surface area contributed by atoms with Crippen LogP contribution in [-0.4, -0.2) is 37.6 Å². The zero-order valence-electron chi connectivity index (χ0n) is 15.1. The van der Waals surface area contributed by atoms with E-state index in [-0.39, 0.29) is 24.8 Å². The number of alkyl halides is 2.